The Bertz CT molecular complexity index is 1230. The van der Waals surface area contributed by atoms with Crippen LogP contribution >= 0.6 is 11.3 Å². The van der Waals surface area contributed by atoms with Crippen molar-refractivity contribution in [3.05, 3.63) is 52.7 Å². The van der Waals surface area contributed by atoms with Gasteiger partial charge in [0.15, 0.2) is 0 Å². The summed E-state index contributed by atoms with van der Waals surface area (Å²) in [6, 6.07) is 6.68. The summed E-state index contributed by atoms with van der Waals surface area (Å²) in [6.45, 7) is 0.421. The molecule has 1 saturated heterocycles. The molecule has 0 saturated carbocycles. The second-order valence-corrected chi connectivity index (χ2v) is 9.71. The number of aliphatic hydroxyl groups excluding tert-OH is 1. The lowest BCUT2D eigenvalue weighted by Gasteiger charge is -2.32. The summed E-state index contributed by atoms with van der Waals surface area (Å²) < 4.78 is 55.3. The van der Waals surface area contributed by atoms with Gasteiger partial charge in [-0.2, -0.15) is 0 Å². The normalized spacial score (nSPS) is 20.2. The van der Waals surface area contributed by atoms with Crippen LogP contribution in [-0.2, 0) is 10.0 Å². The fraction of sp³-hybridized carbons (Fsp3) is 0.278. The molecule has 3 N–H and O–H groups in total. The number of fused-ring (bicyclic) bond motifs is 1. The number of rotatable bonds is 4. The number of halogens is 2. The van der Waals surface area contributed by atoms with Crippen LogP contribution in [0.1, 0.15) is 6.42 Å². The van der Waals surface area contributed by atoms with Crippen molar-refractivity contribution in [1.29, 1.82) is 0 Å². The molecule has 1 fully saturated rings. The van der Waals surface area contributed by atoms with Gasteiger partial charge in [-0.25, -0.2) is 17.2 Å². The SMILES string of the molecule is O=c1[nH]ccc2cc(F)c(NS(=O)(=O)c3ccc(N4CC[C@H](F)[C@H](O)C4)s3)cc12. The van der Waals surface area contributed by atoms with Crippen LogP contribution in [0.3, 0.4) is 0 Å². The summed E-state index contributed by atoms with van der Waals surface area (Å²) in [5.41, 5.74) is -0.797. The van der Waals surface area contributed by atoms with Crippen molar-refractivity contribution in [3.63, 3.8) is 0 Å². The molecule has 3 aromatic rings. The largest absolute Gasteiger partial charge is 0.388 e. The van der Waals surface area contributed by atoms with Gasteiger partial charge in [-0.15, -0.1) is 11.3 Å². The second kappa shape index (κ2) is 7.39. The van der Waals surface area contributed by atoms with E-state index in [0.29, 0.717) is 16.9 Å². The van der Waals surface area contributed by atoms with Gasteiger partial charge in [-0.05, 0) is 42.1 Å². The van der Waals surface area contributed by atoms with Gasteiger partial charge in [0.1, 0.15) is 22.3 Å². The maximum absolute atomic E-state index is 14.4. The van der Waals surface area contributed by atoms with E-state index in [1.807, 2.05) is 0 Å². The van der Waals surface area contributed by atoms with Gasteiger partial charge in [0.2, 0.25) is 0 Å². The van der Waals surface area contributed by atoms with Gasteiger partial charge < -0.3 is 15.0 Å². The number of sulfonamides is 1. The third kappa shape index (κ3) is 3.85. The molecular weight excluding hydrogens is 424 g/mol. The first-order valence-corrected chi connectivity index (χ1v) is 11.1. The Morgan fingerprint density at radius 2 is 2.07 bits per heavy atom. The first-order valence-electron chi connectivity index (χ1n) is 8.75. The minimum Gasteiger partial charge on any atom is -0.388 e. The number of anilines is 2. The number of aromatic nitrogens is 1. The van der Waals surface area contributed by atoms with E-state index in [1.54, 1.807) is 11.0 Å². The maximum atomic E-state index is 14.4. The highest BCUT2D eigenvalue weighted by atomic mass is 32.2. The number of thiophene rings is 1. The van der Waals surface area contributed by atoms with Crippen LogP contribution in [0.4, 0.5) is 19.5 Å². The molecule has 0 bridgehead atoms. The van der Waals surface area contributed by atoms with Crippen LogP contribution in [-0.4, -0.2) is 43.9 Å². The third-order valence-electron chi connectivity index (χ3n) is 4.75. The summed E-state index contributed by atoms with van der Waals surface area (Å²) in [4.78, 5) is 16.1. The molecule has 1 aliphatic rings. The van der Waals surface area contributed by atoms with Gasteiger partial charge in [0, 0.05) is 24.7 Å². The number of hydrogen-bond acceptors (Lipinski definition) is 6. The van der Waals surface area contributed by atoms with Crippen molar-refractivity contribution >= 4 is 42.8 Å². The summed E-state index contributed by atoms with van der Waals surface area (Å²) in [5.74, 6) is -0.809. The molecule has 1 aliphatic heterocycles. The number of β-amino-alcohol motifs (C(OH)–C–C–N with tert-alkyl or cyclic N) is 1. The highest BCUT2D eigenvalue weighted by Crippen LogP contribution is 2.33. The van der Waals surface area contributed by atoms with Crippen molar-refractivity contribution in [2.24, 2.45) is 0 Å². The van der Waals surface area contributed by atoms with Crippen LogP contribution in [0.5, 0.6) is 0 Å². The highest BCUT2D eigenvalue weighted by molar-refractivity contribution is 7.94. The van der Waals surface area contributed by atoms with E-state index in [0.717, 1.165) is 23.5 Å². The number of nitrogens with zero attached hydrogens (tertiary/aromatic N) is 1. The van der Waals surface area contributed by atoms with Crippen molar-refractivity contribution in [2.45, 2.75) is 22.9 Å². The smallest absolute Gasteiger partial charge is 0.271 e. The number of hydrogen-bond donors (Lipinski definition) is 3. The van der Waals surface area contributed by atoms with Crippen molar-refractivity contribution in [2.75, 3.05) is 22.7 Å². The lowest BCUT2D eigenvalue weighted by atomic mass is 10.1. The van der Waals surface area contributed by atoms with Crippen LogP contribution in [0, 0.1) is 5.82 Å². The summed E-state index contributed by atoms with van der Waals surface area (Å²) in [5, 5.41) is 10.8. The quantitative estimate of drug-likeness (QED) is 0.577. The molecule has 3 heterocycles. The minimum atomic E-state index is -4.11. The average molecular weight is 441 g/mol. The number of aliphatic hydroxyl groups is 1. The summed E-state index contributed by atoms with van der Waals surface area (Å²) in [7, 11) is -4.11. The number of H-pyrrole nitrogens is 1. The molecule has 7 nitrogen and oxygen atoms in total. The van der Waals surface area contributed by atoms with Gasteiger partial charge in [-0.3, -0.25) is 9.52 Å². The fourth-order valence-electron chi connectivity index (χ4n) is 3.21. The molecule has 154 valence electrons. The Morgan fingerprint density at radius 3 is 2.83 bits per heavy atom. The van der Waals surface area contributed by atoms with Crippen molar-refractivity contribution < 1.29 is 22.3 Å². The van der Waals surface area contributed by atoms with E-state index < -0.39 is 33.7 Å². The zero-order valence-corrected chi connectivity index (χ0v) is 16.6. The highest BCUT2D eigenvalue weighted by Gasteiger charge is 2.29. The van der Waals surface area contributed by atoms with E-state index in [9.17, 15) is 27.1 Å². The van der Waals surface area contributed by atoms with Gasteiger partial charge in [0.05, 0.1) is 10.7 Å². The van der Waals surface area contributed by atoms with Crippen LogP contribution in [0.2, 0.25) is 0 Å². The number of alkyl halides is 1. The lowest BCUT2D eigenvalue weighted by Crippen LogP contribution is -2.44. The van der Waals surface area contributed by atoms with E-state index in [1.165, 1.54) is 18.3 Å². The van der Waals surface area contributed by atoms with Gasteiger partial charge in [-0.1, -0.05) is 0 Å². The molecule has 0 spiro atoms. The maximum Gasteiger partial charge on any atom is 0.271 e. The molecule has 0 radical (unpaired) electrons. The standard InChI is InChI=1S/C18H17F2N3O4S2/c19-12-4-6-23(9-15(12)24)16-1-2-17(28-16)29(26,27)22-14-8-11-10(7-13(14)20)3-5-21-18(11)25/h1-3,5,7-8,12,15,22,24H,4,6,9H2,(H,21,25)/t12-,15+/m0/s1. The van der Waals surface area contributed by atoms with Crippen LogP contribution in [0.15, 0.2) is 45.5 Å². The predicted octanol–water partition coefficient (Wildman–Crippen LogP) is 2.44. The summed E-state index contributed by atoms with van der Waals surface area (Å²) in [6.07, 6.45) is -0.899. The minimum absolute atomic E-state index is 0.0640. The molecule has 11 heteroatoms. The lowest BCUT2D eigenvalue weighted by molar-refractivity contribution is 0.0647. The molecule has 2 atom stereocenters. The Morgan fingerprint density at radius 1 is 1.28 bits per heavy atom. The third-order valence-corrected chi connectivity index (χ3v) is 7.75. The zero-order chi connectivity index (χ0) is 20.8. The number of piperidine rings is 1. The number of aromatic amines is 1. The van der Waals surface area contributed by atoms with E-state index in [4.69, 9.17) is 0 Å². The Kier molecular flexibility index (Phi) is 5.05. The Balaban J connectivity index is 1.61. The van der Waals surface area contributed by atoms with Gasteiger partial charge >= 0.3 is 0 Å². The van der Waals surface area contributed by atoms with Crippen LogP contribution in [0.25, 0.3) is 10.8 Å². The Labute approximate surface area is 168 Å². The molecule has 1 aromatic carbocycles. The van der Waals surface area contributed by atoms with Crippen molar-refractivity contribution in [1.82, 2.24) is 4.98 Å². The predicted molar refractivity (Wildman–Crippen MR) is 107 cm³/mol. The second-order valence-electron chi connectivity index (χ2n) is 6.74. The molecular formula is C18H17F2N3O4S2. The molecule has 29 heavy (non-hydrogen) atoms. The first-order chi connectivity index (χ1) is 13.7. The zero-order valence-electron chi connectivity index (χ0n) is 14.9. The molecule has 4 rings (SSSR count). The topological polar surface area (TPSA) is 102 Å². The fourth-order valence-corrected chi connectivity index (χ4v) is 5.60. The molecule has 0 aliphatic carbocycles. The monoisotopic (exact) mass is 441 g/mol. The number of nitrogens with one attached hydrogen (secondary N) is 2. The number of pyridine rings is 1. The Hall–Kier alpha value is -2.50. The molecule has 2 aromatic heterocycles. The van der Waals surface area contributed by atoms with Crippen molar-refractivity contribution in [3.8, 4) is 0 Å². The van der Waals surface area contributed by atoms with E-state index in [2.05, 4.69) is 9.71 Å². The first kappa shape index (κ1) is 19.8. The summed E-state index contributed by atoms with van der Waals surface area (Å²) >= 11 is 0.933. The number of benzene rings is 1. The van der Waals surface area contributed by atoms with E-state index in [-0.39, 0.29) is 28.2 Å². The molecule has 0 unspecified atom stereocenters. The van der Waals surface area contributed by atoms with E-state index >= 15 is 0 Å². The van der Waals surface area contributed by atoms with Crippen LogP contribution < -0.4 is 15.2 Å². The molecule has 0 amide bonds. The van der Waals surface area contributed by atoms with Gasteiger partial charge in [0.25, 0.3) is 15.6 Å². The average Bonchev–Trinajstić information content (AvgIpc) is 3.16.